The molecule has 0 atom stereocenters. The lowest BCUT2D eigenvalue weighted by Crippen LogP contribution is -2.21. The summed E-state index contributed by atoms with van der Waals surface area (Å²) in [5.41, 5.74) is -0.177. The van der Waals surface area contributed by atoms with Gasteiger partial charge < -0.3 is 0 Å². The number of nitrogens with zero attached hydrogens (tertiary/aromatic N) is 2. The number of hydrogen-bond donors (Lipinski definition) is 0. The third kappa shape index (κ3) is 2.93. The van der Waals surface area contributed by atoms with E-state index in [-0.39, 0.29) is 16.5 Å². The Hall–Kier alpha value is -1.93. The molecular formula is C17H10BrF3N2OS. The standard InChI is InChI=1S/C17H10BrF3N2OS/c18-11-7-12(25-8-11)5-9-3-4-23-15(9)22-14-6-10(17(19,20)21)1-2-13(14)16(23)24/h1-2,5-8H,3-4H2/b9-5-. The highest BCUT2D eigenvalue weighted by molar-refractivity contribution is 9.10. The summed E-state index contributed by atoms with van der Waals surface area (Å²) in [5, 5.41) is 2.15. The fraction of sp³-hybridized carbons (Fsp3) is 0.176. The molecule has 0 saturated carbocycles. The molecule has 0 fully saturated rings. The predicted octanol–water partition coefficient (Wildman–Crippen LogP) is 5.18. The van der Waals surface area contributed by atoms with Crippen LogP contribution in [0.4, 0.5) is 13.2 Å². The SMILES string of the molecule is O=c1c2ccc(C(F)(F)F)cc2nc2n1CC/C2=C/c1cc(Br)cs1. The normalized spacial score (nSPS) is 15.9. The van der Waals surface area contributed by atoms with E-state index < -0.39 is 11.7 Å². The fourth-order valence-corrected chi connectivity index (χ4v) is 4.31. The van der Waals surface area contributed by atoms with Gasteiger partial charge in [0, 0.05) is 21.3 Å². The number of aromatic nitrogens is 2. The minimum absolute atomic E-state index is 0.0752. The maximum Gasteiger partial charge on any atom is 0.416 e. The maximum absolute atomic E-state index is 12.9. The van der Waals surface area contributed by atoms with Crippen LogP contribution in [0.2, 0.25) is 0 Å². The van der Waals surface area contributed by atoms with E-state index in [1.807, 2.05) is 17.5 Å². The Balaban J connectivity index is 1.90. The summed E-state index contributed by atoms with van der Waals surface area (Å²) in [7, 11) is 0. The van der Waals surface area contributed by atoms with Gasteiger partial charge in [-0.15, -0.1) is 11.3 Å². The van der Waals surface area contributed by atoms with Crippen molar-refractivity contribution in [2.45, 2.75) is 19.1 Å². The van der Waals surface area contributed by atoms with E-state index in [1.54, 1.807) is 0 Å². The van der Waals surface area contributed by atoms with Crippen molar-refractivity contribution in [1.29, 1.82) is 0 Å². The van der Waals surface area contributed by atoms with Gasteiger partial charge in [-0.05, 0) is 58.3 Å². The van der Waals surface area contributed by atoms with Crippen LogP contribution in [0, 0.1) is 0 Å². The molecule has 25 heavy (non-hydrogen) atoms. The molecule has 3 nitrogen and oxygen atoms in total. The van der Waals surface area contributed by atoms with E-state index in [4.69, 9.17) is 0 Å². The van der Waals surface area contributed by atoms with Crippen molar-refractivity contribution in [3.63, 3.8) is 0 Å². The van der Waals surface area contributed by atoms with Gasteiger partial charge in [0.15, 0.2) is 0 Å². The number of benzene rings is 1. The topological polar surface area (TPSA) is 34.9 Å². The lowest BCUT2D eigenvalue weighted by atomic mass is 10.1. The molecule has 128 valence electrons. The average Bonchev–Trinajstić information content (AvgIpc) is 3.13. The first-order valence-corrected chi connectivity index (χ1v) is 9.07. The second kappa shape index (κ2) is 5.81. The number of fused-ring (bicyclic) bond motifs is 2. The van der Waals surface area contributed by atoms with Gasteiger partial charge in [0.25, 0.3) is 5.56 Å². The van der Waals surface area contributed by atoms with Crippen LogP contribution in [-0.4, -0.2) is 9.55 Å². The molecule has 0 spiro atoms. The molecule has 0 radical (unpaired) electrons. The first-order valence-electron chi connectivity index (χ1n) is 7.40. The smallest absolute Gasteiger partial charge is 0.292 e. The Morgan fingerprint density at radius 2 is 2.08 bits per heavy atom. The summed E-state index contributed by atoms with van der Waals surface area (Å²) >= 11 is 4.93. The van der Waals surface area contributed by atoms with Gasteiger partial charge in [-0.2, -0.15) is 13.2 Å². The van der Waals surface area contributed by atoms with Crippen LogP contribution in [0.15, 0.2) is 38.9 Å². The molecule has 8 heteroatoms. The molecule has 4 rings (SSSR count). The van der Waals surface area contributed by atoms with Gasteiger partial charge in [0.05, 0.1) is 16.5 Å². The van der Waals surface area contributed by atoms with E-state index in [1.165, 1.54) is 22.0 Å². The summed E-state index contributed by atoms with van der Waals surface area (Å²) < 4.78 is 41.3. The summed E-state index contributed by atoms with van der Waals surface area (Å²) in [5.74, 6) is 0.446. The Kier molecular flexibility index (Phi) is 3.84. The monoisotopic (exact) mass is 426 g/mol. The zero-order chi connectivity index (χ0) is 17.8. The van der Waals surface area contributed by atoms with Crippen molar-refractivity contribution in [3.8, 4) is 0 Å². The molecule has 1 aliphatic heterocycles. The van der Waals surface area contributed by atoms with Crippen LogP contribution >= 0.6 is 27.3 Å². The van der Waals surface area contributed by atoms with Crippen molar-refractivity contribution in [2.75, 3.05) is 0 Å². The first kappa shape index (κ1) is 16.5. The highest BCUT2D eigenvalue weighted by Crippen LogP contribution is 2.33. The third-order valence-corrected chi connectivity index (χ3v) is 5.72. The van der Waals surface area contributed by atoms with Crippen LogP contribution in [0.1, 0.15) is 22.7 Å². The molecule has 3 heterocycles. The van der Waals surface area contributed by atoms with Crippen LogP contribution in [-0.2, 0) is 12.7 Å². The highest BCUT2D eigenvalue weighted by Gasteiger charge is 2.31. The van der Waals surface area contributed by atoms with Crippen LogP contribution in [0.25, 0.3) is 22.6 Å². The summed E-state index contributed by atoms with van der Waals surface area (Å²) in [6.45, 7) is 0.483. The van der Waals surface area contributed by atoms with Gasteiger partial charge in [-0.3, -0.25) is 9.36 Å². The summed E-state index contributed by atoms with van der Waals surface area (Å²) in [4.78, 5) is 17.9. The fourth-order valence-electron chi connectivity index (χ4n) is 2.91. The Morgan fingerprint density at radius 1 is 1.28 bits per heavy atom. The number of alkyl halides is 3. The van der Waals surface area contributed by atoms with E-state index in [0.29, 0.717) is 18.8 Å². The molecule has 3 aromatic rings. The van der Waals surface area contributed by atoms with Crippen LogP contribution in [0.5, 0.6) is 0 Å². The molecule has 0 unspecified atom stereocenters. The Bertz CT molecular complexity index is 1080. The molecule has 1 aromatic carbocycles. The van der Waals surface area contributed by atoms with Gasteiger partial charge in [0.1, 0.15) is 5.82 Å². The molecule has 0 bridgehead atoms. The van der Waals surface area contributed by atoms with Gasteiger partial charge >= 0.3 is 6.18 Å². The average molecular weight is 427 g/mol. The van der Waals surface area contributed by atoms with Crippen molar-refractivity contribution < 1.29 is 13.2 Å². The number of thiophene rings is 1. The molecule has 0 amide bonds. The second-order valence-electron chi connectivity index (χ2n) is 5.71. The molecular weight excluding hydrogens is 417 g/mol. The highest BCUT2D eigenvalue weighted by atomic mass is 79.9. The molecule has 1 aliphatic rings. The largest absolute Gasteiger partial charge is 0.416 e. The lowest BCUT2D eigenvalue weighted by molar-refractivity contribution is -0.137. The van der Waals surface area contributed by atoms with Gasteiger partial charge in [-0.1, -0.05) is 0 Å². The van der Waals surface area contributed by atoms with E-state index >= 15 is 0 Å². The quantitative estimate of drug-likeness (QED) is 0.536. The maximum atomic E-state index is 12.9. The third-order valence-electron chi connectivity index (χ3n) is 4.08. The van der Waals surface area contributed by atoms with Crippen molar-refractivity contribution >= 4 is 49.8 Å². The zero-order valence-electron chi connectivity index (χ0n) is 12.6. The zero-order valence-corrected chi connectivity index (χ0v) is 15.0. The van der Waals surface area contributed by atoms with E-state index in [2.05, 4.69) is 20.9 Å². The summed E-state index contributed by atoms with van der Waals surface area (Å²) in [6, 6.07) is 5.02. The van der Waals surface area contributed by atoms with Crippen LogP contribution < -0.4 is 5.56 Å². The van der Waals surface area contributed by atoms with Crippen molar-refractivity contribution in [1.82, 2.24) is 9.55 Å². The minimum atomic E-state index is -4.47. The molecule has 0 N–H and O–H groups in total. The predicted molar refractivity (Wildman–Crippen MR) is 95.5 cm³/mol. The van der Waals surface area contributed by atoms with Gasteiger partial charge in [-0.25, -0.2) is 4.98 Å². The van der Waals surface area contributed by atoms with Crippen LogP contribution in [0.3, 0.4) is 0 Å². The molecule has 0 aliphatic carbocycles. The lowest BCUT2D eigenvalue weighted by Gasteiger charge is -2.09. The number of halogens is 4. The minimum Gasteiger partial charge on any atom is -0.292 e. The second-order valence-corrected chi connectivity index (χ2v) is 7.57. The number of rotatable bonds is 1. The first-order chi connectivity index (χ1) is 11.8. The van der Waals surface area contributed by atoms with E-state index in [9.17, 15) is 18.0 Å². The Morgan fingerprint density at radius 3 is 2.76 bits per heavy atom. The van der Waals surface area contributed by atoms with Crippen molar-refractivity contribution in [2.24, 2.45) is 0 Å². The number of allylic oxidation sites excluding steroid dienone is 1. The molecule has 0 saturated heterocycles. The number of hydrogen-bond acceptors (Lipinski definition) is 3. The molecule has 2 aromatic heterocycles. The summed E-state index contributed by atoms with van der Waals surface area (Å²) in [6.07, 6.45) is -1.91. The Labute approximate surface area is 152 Å². The van der Waals surface area contributed by atoms with E-state index in [0.717, 1.165) is 27.1 Å². The van der Waals surface area contributed by atoms with Gasteiger partial charge in [0.2, 0.25) is 0 Å². The van der Waals surface area contributed by atoms with Crippen molar-refractivity contribution in [3.05, 3.63) is 60.7 Å².